The summed E-state index contributed by atoms with van der Waals surface area (Å²) in [6.45, 7) is 4.32. The van der Waals surface area contributed by atoms with E-state index < -0.39 is 6.10 Å². The summed E-state index contributed by atoms with van der Waals surface area (Å²) < 4.78 is 5.99. The van der Waals surface area contributed by atoms with Crippen LogP contribution >= 0.6 is 23.2 Å². The van der Waals surface area contributed by atoms with Crippen LogP contribution in [0, 0.1) is 6.92 Å². The average Bonchev–Trinajstić information content (AvgIpc) is 2.72. The Morgan fingerprint density at radius 3 is 2.53 bits per heavy atom. The van der Waals surface area contributed by atoms with Crippen molar-refractivity contribution in [2.45, 2.75) is 32.0 Å². The van der Waals surface area contributed by atoms with E-state index in [-0.39, 0.29) is 18.7 Å². The van der Waals surface area contributed by atoms with Gasteiger partial charge in [0.2, 0.25) is 0 Å². The first-order valence-electron chi connectivity index (χ1n) is 10.0. The number of benzene rings is 2. The van der Waals surface area contributed by atoms with Crippen LogP contribution in [0.15, 0.2) is 42.5 Å². The van der Waals surface area contributed by atoms with Crippen molar-refractivity contribution < 1.29 is 14.6 Å². The summed E-state index contributed by atoms with van der Waals surface area (Å²) in [6.07, 6.45) is 1.18. The van der Waals surface area contributed by atoms with Crippen LogP contribution in [0.2, 0.25) is 10.0 Å². The Morgan fingerprint density at radius 2 is 1.87 bits per heavy atom. The van der Waals surface area contributed by atoms with Gasteiger partial charge in [0.15, 0.2) is 0 Å². The average molecular weight is 452 g/mol. The van der Waals surface area contributed by atoms with Crippen molar-refractivity contribution in [3.63, 3.8) is 0 Å². The minimum absolute atomic E-state index is 0.106. The highest BCUT2D eigenvalue weighted by molar-refractivity contribution is 6.42. The molecule has 0 aromatic heterocycles. The van der Waals surface area contributed by atoms with E-state index in [0.717, 1.165) is 37.2 Å². The van der Waals surface area contributed by atoms with Crippen LogP contribution in [0.1, 0.15) is 18.4 Å². The molecule has 30 heavy (non-hydrogen) atoms. The third-order valence-electron chi connectivity index (χ3n) is 5.01. The lowest BCUT2D eigenvalue weighted by molar-refractivity contribution is 0.0621. The molecule has 0 aliphatic carbocycles. The number of carbonyl (C=O) groups excluding carboxylic acids is 1. The number of aliphatic hydroxyl groups is 1. The number of likely N-dealkylation sites (tertiary alicyclic amines) is 1. The second-order valence-electron chi connectivity index (χ2n) is 7.55. The third kappa shape index (κ3) is 7.06. The van der Waals surface area contributed by atoms with Crippen LogP contribution in [0.4, 0.5) is 10.5 Å². The van der Waals surface area contributed by atoms with Crippen LogP contribution < -0.4 is 15.4 Å². The molecule has 6 nitrogen and oxygen atoms in total. The van der Waals surface area contributed by atoms with Gasteiger partial charge in [-0.1, -0.05) is 40.9 Å². The number of ether oxygens (including phenoxy) is 1. The first-order valence-corrected chi connectivity index (χ1v) is 10.8. The zero-order valence-corrected chi connectivity index (χ0v) is 18.4. The molecule has 0 radical (unpaired) electrons. The Labute approximate surface area is 187 Å². The second-order valence-corrected chi connectivity index (χ2v) is 8.36. The van der Waals surface area contributed by atoms with Gasteiger partial charge in [-0.05, 0) is 44.0 Å². The van der Waals surface area contributed by atoms with Gasteiger partial charge in [-0.3, -0.25) is 0 Å². The number of nitrogens with one attached hydrogen (secondary N) is 2. The van der Waals surface area contributed by atoms with Crippen molar-refractivity contribution >= 4 is 34.9 Å². The quantitative estimate of drug-likeness (QED) is 0.585. The van der Waals surface area contributed by atoms with Crippen LogP contribution in [0.3, 0.4) is 0 Å². The maximum atomic E-state index is 12.0. The Morgan fingerprint density at radius 1 is 1.17 bits per heavy atom. The number of rotatable bonds is 7. The summed E-state index contributed by atoms with van der Waals surface area (Å²) in [5, 5.41) is 16.7. The normalized spacial score (nSPS) is 16.1. The van der Waals surface area contributed by atoms with Gasteiger partial charge >= 0.3 is 6.03 Å². The zero-order chi connectivity index (χ0) is 21.5. The second kappa shape index (κ2) is 10.9. The van der Waals surface area contributed by atoms with E-state index in [1.807, 2.05) is 37.3 Å². The van der Waals surface area contributed by atoms with Crippen LogP contribution in [-0.4, -0.2) is 54.4 Å². The number of halogens is 2. The Kier molecular flexibility index (Phi) is 8.22. The highest BCUT2D eigenvalue weighted by Gasteiger charge is 2.22. The minimum atomic E-state index is -0.638. The van der Waals surface area contributed by atoms with Gasteiger partial charge in [0, 0.05) is 37.9 Å². The molecule has 8 heteroatoms. The molecule has 162 valence electrons. The van der Waals surface area contributed by atoms with E-state index in [9.17, 15) is 9.90 Å². The molecule has 2 amide bonds. The van der Waals surface area contributed by atoms with E-state index in [1.165, 1.54) is 0 Å². The third-order valence-corrected chi connectivity index (χ3v) is 5.74. The molecule has 1 atom stereocenters. The summed E-state index contributed by atoms with van der Waals surface area (Å²) in [4.78, 5) is 14.2. The van der Waals surface area contributed by atoms with E-state index in [1.54, 1.807) is 12.1 Å². The molecular weight excluding hydrogens is 425 g/mol. The predicted molar refractivity (Wildman–Crippen MR) is 121 cm³/mol. The van der Waals surface area contributed by atoms with Crippen molar-refractivity contribution in [3.05, 3.63) is 58.1 Å². The number of aryl methyl sites for hydroxylation is 1. The molecule has 1 aliphatic heterocycles. The van der Waals surface area contributed by atoms with Crippen molar-refractivity contribution in [2.75, 3.05) is 31.5 Å². The van der Waals surface area contributed by atoms with E-state index in [0.29, 0.717) is 22.3 Å². The fraction of sp³-hybridized carbons (Fsp3) is 0.409. The van der Waals surface area contributed by atoms with Crippen LogP contribution in [0.5, 0.6) is 5.75 Å². The molecule has 3 rings (SSSR count). The fourth-order valence-electron chi connectivity index (χ4n) is 3.34. The maximum Gasteiger partial charge on any atom is 0.319 e. The van der Waals surface area contributed by atoms with E-state index >= 15 is 0 Å². The number of amides is 2. The summed E-state index contributed by atoms with van der Waals surface area (Å²) in [6, 6.07) is 12.5. The van der Waals surface area contributed by atoms with Crippen LogP contribution in [-0.2, 0) is 0 Å². The lowest BCUT2D eigenvalue weighted by Gasteiger charge is -2.33. The van der Waals surface area contributed by atoms with E-state index in [4.69, 9.17) is 27.9 Å². The molecule has 1 aliphatic rings. The van der Waals surface area contributed by atoms with Crippen molar-refractivity contribution in [1.82, 2.24) is 10.2 Å². The van der Waals surface area contributed by atoms with Crippen LogP contribution in [0.25, 0.3) is 0 Å². The number of anilines is 1. The number of aliphatic hydroxyl groups excluding tert-OH is 1. The monoisotopic (exact) mass is 451 g/mol. The highest BCUT2D eigenvalue weighted by Crippen LogP contribution is 2.28. The van der Waals surface area contributed by atoms with Crippen molar-refractivity contribution in [3.8, 4) is 5.75 Å². The first-order chi connectivity index (χ1) is 14.4. The number of carbonyl (C=O) groups is 1. The number of piperidine rings is 1. The number of β-amino-alcohol motifs (C(OH)–C–C–N with tert-alkyl or cyclic N) is 1. The predicted octanol–water partition coefficient (Wildman–Crippen LogP) is 4.33. The molecule has 3 N–H and O–H groups in total. The summed E-state index contributed by atoms with van der Waals surface area (Å²) in [7, 11) is 0. The topological polar surface area (TPSA) is 73.8 Å². The number of nitrogens with zero attached hydrogens (tertiary/aromatic N) is 1. The van der Waals surface area contributed by atoms with Gasteiger partial charge in [-0.25, -0.2) is 4.79 Å². The molecule has 0 bridgehead atoms. The van der Waals surface area contributed by atoms with Crippen molar-refractivity contribution in [2.24, 2.45) is 0 Å². The lowest BCUT2D eigenvalue weighted by atomic mass is 10.1. The number of urea groups is 1. The molecule has 1 saturated heterocycles. The first kappa shape index (κ1) is 22.7. The summed E-state index contributed by atoms with van der Waals surface area (Å²) in [5.74, 6) is 0.715. The lowest BCUT2D eigenvalue weighted by Crippen LogP contribution is -2.45. The van der Waals surface area contributed by atoms with E-state index in [2.05, 4.69) is 15.5 Å². The Bertz CT molecular complexity index is 840. The van der Waals surface area contributed by atoms with Crippen molar-refractivity contribution in [1.29, 1.82) is 0 Å². The molecule has 2 aromatic rings. The molecule has 0 spiro atoms. The molecule has 0 saturated carbocycles. The summed E-state index contributed by atoms with van der Waals surface area (Å²) in [5.41, 5.74) is 1.85. The van der Waals surface area contributed by atoms with Gasteiger partial charge in [0.05, 0.1) is 16.1 Å². The standard InChI is InChI=1S/C22H27Cl2N3O3/c1-15-2-4-16(5-3-15)26-22(29)25-13-17(28)14-27-10-8-18(9-11-27)30-19-6-7-20(23)21(24)12-19/h2-7,12,17-18,28H,8-11,13-14H2,1H3,(H2,25,26,29)/t17-/m1/s1. The molecule has 1 fully saturated rings. The number of hydrogen-bond donors (Lipinski definition) is 3. The minimum Gasteiger partial charge on any atom is -0.490 e. The molecular formula is C22H27Cl2N3O3. The SMILES string of the molecule is Cc1ccc(NC(=O)NC[C@@H](O)CN2CCC(Oc3ccc(Cl)c(Cl)c3)CC2)cc1. The van der Waals surface area contributed by atoms with Gasteiger partial charge in [0.25, 0.3) is 0 Å². The fourth-order valence-corrected chi connectivity index (χ4v) is 3.63. The number of hydrogen-bond acceptors (Lipinski definition) is 4. The molecule has 2 aromatic carbocycles. The van der Waals surface area contributed by atoms with Gasteiger partial charge in [0.1, 0.15) is 11.9 Å². The molecule has 1 heterocycles. The largest absolute Gasteiger partial charge is 0.490 e. The van der Waals surface area contributed by atoms with Gasteiger partial charge in [-0.15, -0.1) is 0 Å². The summed E-state index contributed by atoms with van der Waals surface area (Å²) >= 11 is 12.0. The maximum absolute atomic E-state index is 12.0. The molecule has 0 unspecified atom stereocenters. The zero-order valence-electron chi connectivity index (χ0n) is 16.9. The smallest absolute Gasteiger partial charge is 0.319 e. The Balaban J connectivity index is 1.34. The van der Waals surface area contributed by atoms with Gasteiger partial charge < -0.3 is 25.4 Å². The van der Waals surface area contributed by atoms with Gasteiger partial charge in [-0.2, -0.15) is 0 Å². The highest BCUT2D eigenvalue weighted by atomic mass is 35.5. The Hall–Kier alpha value is -1.99.